The molecule has 3 aromatic rings. The average molecular weight is 308 g/mol. The fourth-order valence-corrected chi connectivity index (χ4v) is 2.76. The molecule has 116 valence electrons. The normalized spacial score (nSPS) is 10.7. The van der Waals surface area contributed by atoms with Crippen molar-refractivity contribution in [3.8, 4) is 22.6 Å². The molecule has 2 aromatic heterocycles. The molecule has 0 unspecified atom stereocenters. The van der Waals surface area contributed by atoms with Crippen molar-refractivity contribution < 1.29 is 9.32 Å². The largest absolute Gasteiger partial charge is 0.356 e. The SMILES string of the molecule is CC(=O)c1c(C)c(-c2cc(C)no2)c(-c2ccccc2)[nH]c1=O. The lowest BCUT2D eigenvalue weighted by atomic mass is 9.95. The van der Waals surface area contributed by atoms with Gasteiger partial charge in [-0.25, -0.2) is 0 Å². The number of H-pyrrole nitrogens is 1. The van der Waals surface area contributed by atoms with Crippen molar-refractivity contribution in [2.75, 3.05) is 0 Å². The first-order chi connectivity index (χ1) is 11.0. The van der Waals surface area contributed by atoms with Crippen LogP contribution in [-0.2, 0) is 0 Å². The lowest BCUT2D eigenvalue weighted by Gasteiger charge is -2.13. The number of pyridine rings is 1. The molecule has 0 fully saturated rings. The Morgan fingerprint density at radius 1 is 1.17 bits per heavy atom. The topological polar surface area (TPSA) is 76.0 Å². The summed E-state index contributed by atoms with van der Waals surface area (Å²) in [6, 6.07) is 11.2. The number of rotatable bonds is 3. The zero-order valence-electron chi connectivity index (χ0n) is 13.1. The molecule has 3 rings (SSSR count). The van der Waals surface area contributed by atoms with E-state index < -0.39 is 5.56 Å². The number of hydrogen-bond donors (Lipinski definition) is 1. The lowest BCUT2D eigenvalue weighted by molar-refractivity contribution is 0.101. The van der Waals surface area contributed by atoms with Crippen molar-refractivity contribution in [2.24, 2.45) is 0 Å². The summed E-state index contributed by atoms with van der Waals surface area (Å²) in [5.74, 6) is 0.249. The van der Waals surface area contributed by atoms with Crippen molar-refractivity contribution in [3.05, 3.63) is 63.6 Å². The van der Waals surface area contributed by atoms with Crippen molar-refractivity contribution in [2.45, 2.75) is 20.8 Å². The predicted molar refractivity (Wildman–Crippen MR) is 87.5 cm³/mol. The quantitative estimate of drug-likeness (QED) is 0.751. The maximum absolute atomic E-state index is 12.3. The first-order valence-corrected chi connectivity index (χ1v) is 7.26. The Morgan fingerprint density at radius 3 is 2.43 bits per heavy atom. The van der Waals surface area contributed by atoms with E-state index in [4.69, 9.17) is 4.52 Å². The highest BCUT2D eigenvalue weighted by Gasteiger charge is 2.21. The molecule has 0 radical (unpaired) electrons. The Morgan fingerprint density at radius 2 is 1.87 bits per heavy atom. The summed E-state index contributed by atoms with van der Waals surface area (Å²) in [6.45, 7) is 4.96. The van der Waals surface area contributed by atoms with E-state index in [1.165, 1.54) is 6.92 Å². The van der Waals surface area contributed by atoms with Gasteiger partial charge in [0.2, 0.25) is 0 Å². The summed E-state index contributed by atoms with van der Waals surface area (Å²) in [7, 11) is 0. The molecule has 0 atom stereocenters. The fourth-order valence-electron chi connectivity index (χ4n) is 2.76. The Balaban J connectivity index is 2.40. The molecule has 0 aliphatic rings. The van der Waals surface area contributed by atoms with Crippen molar-refractivity contribution in [1.29, 1.82) is 0 Å². The van der Waals surface area contributed by atoms with Gasteiger partial charge in [-0.1, -0.05) is 35.5 Å². The zero-order chi connectivity index (χ0) is 16.6. The molecule has 0 bridgehead atoms. The summed E-state index contributed by atoms with van der Waals surface area (Å²) in [5, 5.41) is 3.91. The van der Waals surface area contributed by atoms with Gasteiger partial charge in [0, 0.05) is 11.6 Å². The van der Waals surface area contributed by atoms with Gasteiger partial charge in [0.05, 0.1) is 17.0 Å². The second kappa shape index (κ2) is 5.68. The van der Waals surface area contributed by atoms with Crippen LogP contribution in [0.25, 0.3) is 22.6 Å². The molecular weight excluding hydrogens is 292 g/mol. The molecular formula is C18H16N2O3. The van der Waals surface area contributed by atoms with Crippen LogP contribution in [0.15, 0.2) is 45.7 Å². The second-order valence-corrected chi connectivity index (χ2v) is 5.46. The van der Waals surface area contributed by atoms with Gasteiger partial charge in [0.25, 0.3) is 5.56 Å². The molecule has 1 N–H and O–H groups in total. The van der Waals surface area contributed by atoms with Crippen LogP contribution >= 0.6 is 0 Å². The third-order valence-electron chi connectivity index (χ3n) is 3.75. The average Bonchev–Trinajstić information content (AvgIpc) is 2.93. The minimum Gasteiger partial charge on any atom is -0.356 e. The Kier molecular flexibility index (Phi) is 3.70. The number of hydrogen-bond acceptors (Lipinski definition) is 4. The minimum atomic E-state index is -0.395. The van der Waals surface area contributed by atoms with E-state index in [1.54, 1.807) is 13.0 Å². The van der Waals surface area contributed by atoms with Crippen molar-refractivity contribution in [1.82, 2.24) is 10.1 Å². The highest BCUT2D eigenvalue weighted by Crippen LogP contribution is 2.33. The van der Waals surface area contributed by atoms with Gasteiger partial charge < -0.3 is 9.51 Å². The summed E-state index contributed by atoms with van der Waals surface area (Å²) in [5.41, 5.74) is 3.22. The smallest absolute Gasteiger partial charge is 0.259 e. The molecule has 0 amide bonds. The number of carbonyl (C=O) groups is 1. The Labute approximate surface area is 133 Å². The molecule has 2 heterocycles. The van der Waals surface area contributed by atoms with E-state index >= 15 is 0 Å². The first kappa shape index (κ1) is 15.0. The maximum atomic E-state index is 12.3. The molecule has 0 aliphatic heterocycles. The third kappa shape index (κ3) is 2.61. The van der Waals surface area contributed by atoms with E-state index in [9.17, 15) is 9.59 Å². The van der Waals surface area contributed by atoms with E-state index in [0.29, 0.717) is 22.6 Å². The number of nitrogens with zero attached hydrogens (tertiary/aromatic N) is 1. The Hall–Kier alpha value is -2.95. The highest BCUT2D eigenvalue weighted by atomic mass is 16.5. The van der Waals surface area contributed by atoms with Gasteiger partial charge >= 0.3 is 0 Å². The molecule has 23 heavy (non-hydrogen) atoms. The molecule has 0 saturated heterocycles. The monoisotopic (exact) mass is 308 g/mol. The van der Waals surface area contributed by atoms with Crippen LogP contribution in [-0.4, -0.2) is 15.9 Å². The van der Waals surface area contributed by atoms with Gasteiger partial charge in [-0.15, -0.1) is 0 Å². The fraction of sp³-hybridized carbons (Fsp3) is 0.167. The van der Waals surface area contributed by atoms with Crippen LogP contribution < -0.4 is 5.56 Å². The number of aromatic nitrogens is 2. The van der Waals surface area contributed by atoms with Crippen LogP contribution in [0, 0.1) is 13.8 Å². The number of aromatic amines is 1. The highest BCUT2D eigenvalue weighted by molar-refractivity contribution is 5.98. The van der Waals surface area contributed by atoms with Crippen LogP contribution in [0.3, 0.4) is 0 Å². The van der Waals surface area contributed by atoms with Gasteiger partial charge in [0.15, 0.2) is 11.5 Å². The number of Topliss-reactive ketones (excluding diaryl/α,β-unsaturated/α-hetero) is 1. The van der Waals surface area contributed by atoms with Crippen LogP contribution in [0.1, 0.15) is 28.5 Å². The van der Waals surface area contributed by atoms with Crippen LogP contribution in [0.2, 0.25) is 0 Å². The van der Waals surface area contributed by atoms with Gasteiger partial charge in [-0.3, -0.25) is 9.59 Å². The lowest BCUT2D eigenvalue weighted by Crippen LogP contribution is -2.20. The maximum Gasteiger partial charge on any atom is 0.259 e. The van der Waals surface area contributed by atoms with E-state index in [1.807, 2.05) is 37.3 Å². The molecule has 5 nitrogen and oxygen atoms in total. The molecule has 1 aromatic carbocycles. The van der Waals surface area contributed by atoms with Gasteiger partial charge in [-0.2, -0.15) is 0 Å². The zero-order valence-corrected chi connectivity index (χ0v) is 13.1. The number of aryl methyl sites for hydroxylation is 1. The molecule has 0 aliphatic carbocycles. The number of ketones is 1. The predicted octanol–water partition coefficient (Wildman–Crippen LogP) is 3.52. The summed E-state index contributed by atoms with van der Waals surface area (Å²) in [4.78, 5) is 27.0. The molecule has 0 spiro atoms. The summed E-state index contributed by atoms with van der Waals surface area (Å²) >= 11 is 0. The molecule has 5 heteroatoms. The van der Waals surface area contributed by atoms with E-state index in [0.717, 1.165) is 11.3 Å². The third-order valence-corrected chi connectivity index (χ3v) is 3.75. The van der Waals surface area contributed by atoms with Crippen molar-refractivity contribution >= 4 is 5.78 Å². The van der Waals surface area contributed by atoms with E-state index in [-0.39, 0.29) is 11.3 Å². The number of nitrogens with one attached hydrogen (secondary N) is 1. The van der Waals surface area contributed by atoms with Crippen molar-refractivity contribution in [3.63, 3.8) is 0 Å². The summed E-state index contributed by atoms with van der Waals surface area (Å²) < 4.78 is 5.38. The standard InChI is InChI=1S/C18H16N2O3/c1-10-9-14(23-20-10)16-11(2)15(12(3)21)18(22)19-17(16)13-7-5-4-6-8-13/h4-9H,1-3H3,(H,19,22). The minimum absolute atomic E-state index is 0.147. The van der Waals surface area contributed by atoms with Crippen LogP contribution in [0.4, 0.5) is 0 Å². The molecule has 0 saturated carbocycles. The number of carbonyl (C=O) groups excluding carboxylic acids is 1. The second-order valence-electron chi connectivity index (χ2n) is 5.46. The van der Waals surface area contributed by atoms with Gasteiger partial charge in [-0.05, 0) is 31.9 Å². The van der Waals surface area contributed by atoms with Gasteiger partial charge in [0.1, 0.15) is 0 Å². The Bertz CT molecular complexity index is 937. The van der Waals surface area contributed by atoms with E-state index in [2.05, 4.69) is 10.1 Å². The van der Waals surface area contributed by atoms with Crippen LogP contribution in [0.5, 0.6) is 0 Å². The summed E-state index contributed by atoms with van der Waals surface area (Å²) in [6.07, 6.45) is 0. The first-order valence-electron chi connectivity index (χ1n) is 7.26. The number of benzene rings is 1.